The summed E-state index contributed by atoms with van der Waals surface area (Å²) in [5.41, 5.74) is -0.876. The number of hydrogen-bond acceptors (Lipinski definition) is 3. The molecule has 0 saturated carbocycles. The lowest BCUT2D eigenvalue weighted by molar-refractivity contribution is -0.435. The van der Waals surface area contributed by atoms with Gasteiger partial charge in [-0.15, -0.1) is 0 Å². The Kier molecular flexibility index (Phi) is 6.90. The topological polar surface area (TPSA) is 47.6 Å². The van der Waals surface area contributed by atoms with Crippen LogP contribution in [0.15, 0.2) is 18.2 Å². The van der Waals surface area contributed by atoms with E-state index in [-0.39, 0.29) is 11.5 Å². The number of methoxy groups -OCH3 is 2. The number of anilines is 1. The molecule has 32 heavy (non-hydrogen) atoms. The summed E-state index contributed by atoms with van der Waals surface area (Å²) in [6.45, 7) is 0. The van der Waals surface area contributed by atoms with Gasteiger partial charge in [-0.3, -0.25) is 4.79 Å². The van der Waals surface area contributed by atoms with Gasteiger partial charge in [0.1, 0.15) is 0 Å². The van der Waals surface area contributed by atoms with Crippen molar-refractivity contribution in [1.82, 2.24) is 0 Å². The van der Waals surface area contributed by atoms with E-state index in [1.807, 2.05) is 0 Å². The first-order chi connectivity index (χ1) is 14.1. The molecule has 0 aliphatic carbocycles. The normalized spacial score (nSPS) is 14.2. The second-order valence-corrected chi connectivity index (χ2v) is 5.89. The molecule has 1 N–H and O–H groups in total. The van der Waals surface area contributed by atoms with E-state index in [1.165, 1.54) is 0 Å². The molecule has 0 aliphatic heterocycles. The summed E-state index contributed by atoms with van der Waals surface area (Å²) in [6.07, 6.45) is -7.53. The summed E-state index contributed by atoms with van der Waals surface area (Å²) >= 11 is 0. The first kappa shape index (κ1) is 27.4. The van der Waals surface area contributed by atoms with Crippen LogP contribution in [0.2, 0.25) is 0 Å². The van der Waals surface area contributed by atoms with Crippen LogP contribution in [0.3, 0.4) is 0 Å². The minimum atomic E-state index is -8.09. The van der Waals surface area contributed by atoms with Crippen LogP contribution in [-0.2, 0) is 4.79 Å². The molecular weight excluding hydrogens is 489 g/mol. The van der Waals surface area contributed by atoms with Gasteiger partial charge in [0.25, 0.3) is 0 Å². The molecule has 1 aromatic rings. The van der Waals surface area contributed by atoms with Gasteiger partial charge >= 0.3 is 41.7 Å². The van der Waals surface area contributed by atoms with Gasteiger partial charge in [-0.2, -0.15) is 57.1 Å². The van der Waals surface area contributed by atoms with Gasteiger partial charge < -0.3 is 14.8 Å². The monoisotopic (exact) mass is 499 g/mol. The van der Waals surface area contributed by atoms with Crippen molar-refractivity contribution in [3.8, 4) is 11.5 Å². The molecule has 0 bridgehead atoms. The molecule has 4 nitrogen and oxygen atoms in total. The van der Waals surface area contributed by atoms with Gasteiger partial charge in [-0.1, -0.05) is 0 Å². The van der Waals surface area contributed by atoms with Crippen LogP contribution in [0.1, 0.15) is 0 Å². The maximum Gasteiger partial charge on any atom is 0.460 e. The molecule has 0 saturated heterocycles. The smallest absolute Gasteiger partial charge is 0.460 e. The Balaban J connectivity index is 3.40. The molecule has 0 atom stereocenters. The van der Waals surface area contributed by atoms with Gasteiger partial charge in [-0.05, 0) is 12.1 Å². The number of amides is 1. The van der Waals surface area contributed by atoms with Crippen LogP contribution >= 0.6 is 0 Å². The number of benzene rings is 1. The molecule has 184 valence electrons. The lowest BCUT2D eigenvalue weighted by Gasteiger charge is -2.39. The van der Waals surface area contributed by atoms with E-state index < -0.39 is 47.4 Å². The molecule has 0 aliphatic rings. The van der Waals surface area contributed by atoms with Crippen molar-refractivity contribution >= 4 is 11.6 Å². The molecule has 0 heterocycles. The number of hydrogen-bond donors (Lipinski definition) is 1. The van der Waals surface area contributed by atoms with Crippen LogP contribution in [-0.4, -0.2) is 55.9 Å². The average Bonchev–Trinajstić information content (AvgIpc) is 2.66. The molecule has 0 spiro atoms. The number of halogens is 13. The van der Waals surface area contributed by atoms with E-state index in [0.29, 0.717) is 12.1 Å². The molecular formula is C15H10F13NO3. The SMILES string of the molecule is COc1ccc(NC(=O)C(F)(F)C(F)(F)C(F)(F)C(F)(F)C(F)(F)C(F)(F)F)cc1OC. The van der Waals surface area contributed by atoms with E-state index in [0.717, 1.165) is 25.6 Å². The number of carbonyl (C=O) groups is 1. The Morgan fingerprint density at radius 3 is 1.53 bits per heavy atom. The molecule has 0 aromatic heterocycles. The standard InChI is InChI=1S/C15H10F13NO3/c1-31-7-4-3-6(5-8(7)32-2)29-9(30)10(16,17)11(18,19)12(20,21)13(22,23)14(24,25)15(26,27)28/h3-5H,1-2H3,(H,29,30). The van der Waals surface area contributed by atoms with Crippen molar-refractivity contribution in [3.05, 3.63) is 18.2 Å². The Hall–Kier alpha value is -2.62. The predicted octanol–water partition coefficient (Wildman–Crippen LogP) is 5.38. The highest BCUT2D eigenvalue weighted by Gasteiger charge is 2.91. The maximum absolute atomic E-state index is 13.8. The van der Waals surface area contributed by atoms with Crippen molar-refractivity contribution in [2.75, 3.05) is 19.5 Å². The van der Waals surface area contributed by atoms with Crippen LogP contribution in [0.4, 0.5) is 62.8 Å². The van der Waals surface area contributed by atoms with Gasteiger partial charge in [0.05, 0.1) is 14.2 Å². The Bertz CT molecular complexity index is 851. The fourth-order valence-electron chi connectivity index (χ4n) is 2.04. The second-order valence-electron chi connectivity index (χ2n) is 5.89. The Labute approximate surface area is 169 Å². The zero-order chi connectivity index (χ0) is 25.6. The fourth-order valence-corrected chi connectivity index (χ4v) is 2.04. The molecule has 0 radical (unpaired) electrons. The van der Waals surface area contributed by atoms with E-state index >= 15 is 0 Å². The molecule has 0 unspecified atom stereocenters. The lowest BCUT2D eigenvalue weighted by atomic mass is 9.93. The first-order valence-electron chi connectivity index (χ1n) is 7.62. The van der Waals surface area contributed by atoms with Gasteiger partial charge in [0.2, 0.25) is 0 Å². The average molecular weight is 499 g/mol. The van der Waals surface area contributed by atoms with Crippen LogP contribution in [0, 0.1) is 0 Å². The molecule has 1 aromatic carbocycles. The summed E-state index contributed by atoms with van der Waals surface area (Å²) < 4.78 is 179. The third kappa shape index (κ3) is 3.96. The highest BCUT2D eigenvalue weighted by molar-refractivity contribution is 5.97. The highest BCUT2D eigenvalue weighted by Crippen LogP contribution is 2.60. The summed E-state index contributed by atoms with van der Waals surface area (Å²) in [5, 5.41) is 0.914. The number of nitrogens with one attached hydrogen (secondary N) is 1. The third-order valence-electron chi connectivity index (χ3n) is 3.86. The zero-order valence-electron chi connectivity index (χ0n) is 15.4. The fraction of sp³-hybridized carbons (Fsp3) is 0.533. The Morgan fingerprint density at radius 2 is 1.12 bits per heavy atom. The van der Waals surface area contributed by atoms with Crippen molar-refractivity contribution in [1.29, 1.82) is 0 Å². The van der Waals surface area contributed by atoms with E-state index in [2.05, 4.69) is 4.74 Å². The van der Waals surface area contributed by atoms with Gasteiger partial charge in [-0.25, -0.2) is 0 Å². The maximum atomic E-state index is 13.8. The quantitative estimate of drug-likeness (QED) is 0.489. The van der Waals surface area contributed by atoms with Crippen LogP contribution < -0.4 is 14.8 Å². The largest absolute Gasteiger partial charge is 0.493 e. The summed E-state index contributed by atoms with van der Waals surface area (Å²) in [7, 11) is 2.07. The van der Waals surface area contributed by atoms with Crippen LogP contribution in [0.25, 0.3) is 0 Å². The highest BCUT2D eigenvalue weighted by atomic mass is 19.4. The minimum absolute atomic E-state index is 0.108. The van der Waals surface area contributed by atoms with Crippen molar-refractivity contribution < 1.29 is 71.3 Å². The summed E-state index contributed by atoms with van der Waals surface area (Å²) in [6, 6.07) is 2.17. The van der Waals surface area contributed by atoms with Crippen LogP contribution in [0.5, 0.6) is 11.5 Å². The van der Waals surface area contributed by atoms with Crippen molar-refractivity contribution in [3.63, 3.8) is 0 Å². The number of ether oxygens (including phenoxy) is 2. The minimum Gasteiger partial charge on any atom is -0.493 e. The number of carbonyl (C=O) groups excluding carboxylic acids is 1. The second kappa shape index (κ2) is 8.06. The zero-order valence-corrected chi connectivity index (χ0v) is 15.4. The van der Waals surface area contributed by atoms with E-state index in [9.17, 15) is 61.9 Å². The molecule has 17 heteroatoms. The number of alkyl halides is 13. The van der Waals surface area contributed by atoms with Gasteiger partial charge in [0.15, 0.2) is 11.5 Å². The lowest BCUT2D eigenvalue weighted by Crippen LogP contribution is -2.71. The summed E-state index contributed by atoms with van der Waals surface area (Å²) in [5.74, 6) is -42.5. The van der Waals surface area contributed by atoms with E-state index in [4.69, 9.17) is 4.74 Å². The van der Waals surface area contributed by atoms with Crippen molar-refractivity contribution in [2.24, 2.45) is 0 Å². The predicted molar refractivity (Wildman–Crippen MR) is 79.0 cm³/mol. The van der Waals surface area contributed by atoms with Gasteiger partial charge in [0, 0.05) is 11.8 Å². The number of rotatable bonds is 8. The Morgan fingerprint density at radius 1 is 0.688 bits per heavy atom. The molecule has 1 rings (SSSR count). The summed E-state index contributed by atoms with van der Waals surface area (Å²) in [4.78, 5) is 11.5. The first-order valence-corrected chi connectivity index (χ1v) is 7.62. The molecule has 1 amide bonds. The van der Waals surface area contributed by atoms with Crippen molar-refractivity contribution in [2.45, 2.75) is 35.8 Å². The van der Waals surface area contributed by atoms with E-state index in [1.54, 1.807) is 0 Å². The third-order valence-corrected chi connectivity index (χ3v) is 3.86. The molecule has 0 fully saturated rings.